The van der Waals surface area contributed by atoms with Crippen molar-refractivity contribution >= 4 is 11.9 Å². The number of ether oxygens (including phenoxy) is 1. The lowest BCUT2D eigenvalue weighted by molar-refractivity contribution is -0.127. The van der Waals surface area contributed by atoms with Crippen molar-refractivity contribution in [3.05, 3.63) is 65.7 Å². The zero-order valence-electron chi connectivity index (χ0n) is 16.5. The molecule has 2 rings (SSSR count). The average molecular weight is 368 g/mol. The maximum atomic E-state index is 11.9. The molecule has 2 aromatic carbocycles. The maximum Gasteiger partial charge on any atom is 0.241 e. The molecular formula is C21H28N4O2. The first kappa shape index (κ1) is 20.3. The van der Waals surface area contributed by atoms with Crippen LogP contribution in [0.25, 0.3) is 0 Å². The van der Waals surface area contributed by atoms with Gasteiger partial charge in [0.15, 0.2) is 5.96 Å². The fraction of sp³-hybridized carbons (Fsp3) is 0.333. The lowest BCUT2D eigenvalue weighted by Crippen LogP contribution is -2.43. The molecule has 0 aliphatic carbocycles. The first-order chi connectivity index (χ1) is 13.0. The molecule has 0 radical (unpaired) electrons. The van der Waals surface area contributed by atoms with Gasteiger partial charge < -0.3 is 19.9 Å². The molecule has 0 aliphatic rings. The van der Waals surface area contributed by atoms with E-state index in [0.29, 0.717) is 19.0 Å². The molecule has 27 heavy (non-hydrogen) atoms. The van der Waals surface area contributed by atoms with Gasteiger partial charge in [-0.15, -0.1) is 0 Å². The highest BCUT2D eigenvalue weighted by atomic mass is 16.5. The number of rotatable bonds is 7. The SMILES string of the molecule is COc1ccc(CN(C)C(=NCc2ccccc2)NCC(=O)N(C)C)cc1. The topological polar surface area (TPSA) is 57.2 Å². The number of methoxy groups -OCH3 is 1. The number of carbonyl (C=O) groups excluding carboxylic acids is 1. The summed E-state index contributed by atoms with van der Waals surface area (Å²) in [5.41, 5.74) is 2.25. The molecule has 0 unspecified atom stereocenters. The predicted molar refractivity (Wildman–Crippen MR) is 109 cm³/mol. The Kier molecular flexibility index (Phi) is 7.67. The summed E-state index contributed by atoms with van der Waals surface area (Å²) in [7, 11) is 7.10. The Labute approximate surface area is 161 Å². The molecule has 2 aromatic rings. The lowest BCUT2D eigenvalue weighted by Gasteiger charge is -2.23. The van der Waals surface area contributed by atoms with Gasteiger partial charge in [0.25, 0.3) is 0 Å². The third-order valence-electron chi connectivity index (χ3n) is 4.09. The highest BCUT2D eigenvalue weighted by Crippen LogP contribution is 2.12. The van der Waals surface area contributed by atoms with E-state index < -0.39 is 0 Å². The average Bonchev–Trinajstić information content (AvgIpc) is 2.69. The van der Waals surface area contributed by atoms with Gasteiger partial charge in [-0.1, -0.05) is 42.5 Å². The molecule has 0 atom stereocenters. The summed E-state index contributed by atoms with van der Waals surface area (Å²) in [5, 5.41) is 3.17. The fourth-order valence-corrected chi connectivity index (χ4v) is 2.45. The summed E-state index contributed by atoms with van der Waals surface area (Å²) in [4.78, 5) is 20.2. The van der Waals surface area contributed by atoms with E-state index in [-0.39, 0.29) is 12.5 Å². The zero-order chi connectivity index (χ0) is 19.6. The van der Waals surface area contributed by atoms with E-state index in [2.05, 4.69) is 5.32 Å². The summed E-state index contributed by atoms with van der Waals surface area (Å²) in [5.74, 6) is 1.51. The minimum Gasteiger partial charge on any atom is -0.497 e. The molecule has 0 saturated heterocycles. The smallest absolute Gasteiger partial charge is 0.241 e. The molecule has 0 heterocycles. The van der Waals surface area contributed by atoms with Crippen molar-refractivity contribution in [1.82, 2.24) is 15.1 Å². The van der Waals surface area contributed by atoms with Crippen molar-refractivity contribution in [1.29, 1.82) is 0 Å². The Morgan fingerprint density at radius 1 is 1.00 bits per heavy atom. The molecule has 6 nitrogen and oxygen atoms in total. The van der Waals surface area contributed by atoms with Gasteiger partial charge in [0.05, 0.1) is 20.2 Å². The predicted octanol–water partition coefficient (Wildman–Crippen LogP) is 2.36. The third-order valence-corrected chi connectivity index (χ3v) is 4.09. The van der Waals surface area contributed by atoms with Crippen molar-refractivity contribution < 1.29 is 9.53 Å². The van der Waals surface area contributed by atoms with Crippen molar-refractivity contribution in [2.45, 2.75) is 13.1 Å². The second kappa shape index (κ2) is 10.2. The highest BCUT2D eigenvalue weighted by Gasteiger charge is 2.11. The first-order valence-corrected chi connectivity index (χ1v) is 8.86. The van der Waals surface area contributed by atoms with E-state index in [1.165, 1.54) is 0 Å². The van der Waals surface area contributed by atoms with Crippen LogP contribution in [0, 0.1) is 0 Å². The zero-order valence-corrected chi connectivity index (χ0v) is 16.5. The van der Waals surface area contributed by atoms with E-state index in [1.54, 1.807) is 26.1 Å². The molecule has 0 fully saturated rings. The fourth-order valence-electron chi connectivity index (χ4n) is 2.45. The summed E-state index contributed by atoms with van der Waals surface area (Å²) in [6, 6.07) is 18.0. The van der Waals surface area contributed by atoms with Crippen LogP contribution in [0.4, 0.5) is 0 Å². The van der Waals surface area contributed by atoms with Gasteiger partial charge in [-0.25, -0.2) is 4.99 Å². The number of carbonyl (C=O) groups is 1. The Bertz CT molecular complexity index is 743. The Balaban J connectivity index is 2.09. The summed E-state index contributed by atoms with van der Waals surface area (Å²) in [6.07, 6.45) is 0. The van der Waals surface area contributed by atoms with Gasteiger partial charge in [0, 0.05) is 27.7 Å². The number of nitrogens with zero attached hydrogens (tertiary/aromatic N) is 3. The summed E-state index contributed by atoms with van der Waals surface area (Å²) < 4.78 is 5.20. The minimum absolute atomic E-state index is 0.000239. The standard InChI is InChI=1S/C21H28N4O2/c1-24(2)20(26)15-23-21(22-14-17-8-6-5-7-9-17)25(3)16-18-10-12-19(27-4)13-11-18/h5-13H,14-16H2,1-4H3,(H,22,23). The van der Waals surface area contributed by atoms with Gasteiger partial charge in [-0.3, -0.25) is 4.79 Å². The molecule has 0 spiro atoms. The second-order valence-electron chi connectivity index (χ2n) is 6.47. The minimum atomic E-state index is 0.000239. The third kappa shape index (κ3) is 6.66. The number of hydrogen-bond acceptors (Lipinski definition) is 3. The number of likely N-dealkylation sites (N-methyl/N-ethyl adjacent to an activating group) is 1. The van der Waals surface area contributed by atoms with Crippen LogP contribution in [0.1, 0.15) is 11.1 Å². The lowest BCUT2D eigenvalue weighted by atomic mass is 10.2. The molecule has 1 N–H and O–H groups in total. The number of benzene rings is 2. The first-order valence-electron chi connectivity index (χ1n) is 8.86. The van der Waals surface area contributed by atoms with E-state index in [0.717, 1.165) is 16.9 Å². The van der Waals surface area contributed by atoms with Crippen LogP contribution in [0.2, 0.25) is 0 Å². The molecule has 1 amide bonds. The maximum absolute atomic E-state index is 11.9. The molecule has 0 bridgehead atoms. The molecule has 6 heteroatoms. The monoisotopic (exact) mass is 368 g/mol. The molecule has 144 valence electrons. The Morgan fingerprint density at radius 3 is 2.26 bits per heavy atom. The van der Waals surface area contributed by atoms with Crippen LogP contribution in [0.15, 0.2) is 59.6 Å². The highest BCUT2D eigenvalue weighted by molar-refractivity contribution is 5.86. The number of amides is 1. The van der Waals surface area contributed by atoms with Crippen LogP contribution >= 0.6 is 0 Å². The van der Waals surface area contributed by atoms with Crippen LogP contribution in [-0.4, -0.2) is 56.5 Å². The molecule has 0 saturated carbocycles. The summed E-state index contributed by atoms with van der Waals surface area (Å²) >= 11 is 0. The number of aliphatic imine (C=N–C) groups is 1. The van der Waals surface area contributed by atoms with E-state index in [1.807, 2.05) is 66.5 Å². The van der Waals surface area contributed by atoms with E-state index >= 15 is 0 Å². The van der Waals surface area contributed by atoms with Crippen molar-refractivity contribution in [3.8, 4) is 5.75 Å². The number of nitrogens with one attached hydrogen (secondary N) is 1. The van der Waals surface area contributed by atoms with Gasteiger partial charge in [-0.05, 0) is 23.3 Å². The molecule has 0 aliphatic heterocycles. The number of hydrogen-bond donors (Lipinski definition) is 1. The Morgan fingerprint density at radius 2 is 1.67 bits per heavy atom. The van der Waals surface area contributed by atoms with Crippen molar-refractivity contribution in [2.75, 3.05) is 34.8 Å². The summed E-state index contributed by atoms with van der Waals surface area (Å²) in [6.45, 7) is 1.42. The second-order valence-corrected chi connectivity index (χ2v) is 6.47. The van der Waals surface area contributed by atoms with Crippen molar-refractivity contribution in [3.63, 3.8) is 0 Å². The van der Waals surface area contributed by atoms with Crippen LogP contribution in [-0.2, 0) is 17.9 Å². The van der Waals surface area contributed by atoms with Gasteiger partial charge in [0.2, 0.25) is 5.91 Å². The van der Waals surface area contributed by atoms with Crippen LogP contribution in [0.3, 0.4) is 0 Å². The van der Waals surface area contributed by atoms with E-state index in [4.69, 9.17) is 9.73 Å². The van der Waals surface area contributed by atoms with Crippen LogP contribution < -0.4 is 10.1 Å². The quantitative estimate of drug-likeness (QED) is 0.602. The number of guanidine groups is 1. The Hall–Kier alpha value is -3.02. The van der Waals surface area contributed by atoms with Gasteiger partial charge in [-0.2, -0.15) is 0 Å². The van der Waals surface area contributed by atoms with Crippen LogP contribution in [0.5, 0.6) is 5.75 Å². The normalized spacial score (nSPS) is 11.0. The molecule has 0 aromatic heterocycles. The van der Waals surface area contributed by atoms with Crippen molar-refractivity contribution in [2.24, 2.45) is 4.99 Å². The largest absolute Gasteiger partial charge is 0.497 e. The van der Waals surface area contributed by atoms with Gasteiger partial charge >= 0.3 is 0 Å². The molecular weight excluding hydrogens is 340 g/mol. The van der Waals surface area contributed by atoms with E-state index in [9.17, 15) is 4.79 Å². The van der Waals surface area contributed by atoms with Gasteiger partial charge in [0.1, 0.15) is 5.75 Å².